The zero-order chi connectivity index (χ0) is 27.4. The Morgan fingerprint density at radius 3 is 2.24 bits per heavy atom. The predicted octanol–water partition coefficient (Wildman–Crippen LogP) is 5.01. The van der Waals surface area contributed by atoms with Crippen LogP contribution < -0.4 is 5.32 Å². The van der Waals surface area contributed by atoms with E-state index in [1.165, 1.54) is 0 Å². The number of carbonyl (C=O) groups excluding carboxylic acids is 3. The molecule has 202 valence electrons. The number of rotatable bonds is 7. The van der Waals surface area contributed by atoms with Crippen LogP contribution >= 0.6 is 34.8 Å². The van der Waals surface area contributed by atoms with Gasteiger partial charge in [0, 0.05) is 65.6 Å². The molecule has 3 amide bonds. The summed E-state index contributed by atoms with van der Waals surface area (Å²) in [4.78, 5) is 44.9. The predicted molar refractivity (Wildman–Crippen MR) is 148 cm³/mol. The molecule has 0 aromatic heterocycles. The van der Waals surface area contributed by atoms with Crippen LogP contribution in [-0.2, 0) is 9.53 Å². The highest BCUT2D eigenvalue weighted by Crippen LogP contribution is 2.36. The average molecular weight is 580 g/mol. The van der Waals surface area contributed by atoms with Gasteiger partial charge in [-0.05, 0) is 55.8 Å². The van der Waals surface area contributed by atoms with Gasteiger partial charge in [-0.2, -0.15) is 0 Å². The number of hydrogen-bond acceptors (Lipinski definition) is 5. The van der Waals surface area contributed by atoms with Gasteiger partial charge >= 0.3 is 12.0 Å². The van der Waals surface area contributed by atoms with Crippen molar-refractivity contribution in [2.24, 2.45) is 0 Å². The van der Waals surface area contributed by atoms with Crippen LogP contribution in [0.1, 0.15) is 35.8 Å². The molecule has 1 unspecified atom stereocenters. The molecule has 38 heavy (non-hydrogen) atoms. The van der Waals surface area contributed by atoms with E-state index in [0.29, 0.717) is 76.7 Å². The number of hydrogen-bond donors (Lipinski definition) is 1. The average Bonchev–Trinajstić information content (AvgIpc) is 2.89. The maximum Gasteiger partial charge on any atom is 0.338 e. The molecule has 0 radical (unpaired) electrons. The second-order valence-electron chi connectivity index (χ2n) is 8.95. The lowest BCUT2D eigenvalue weighted by molar-refractivity contribution is -0.139. The number of nitrogens with one attached hydrogen (secondary N) is 1. The van der Waals surface area contributed by atoms with Gasteiger partial charge in [0.25, 0.3) is 5.91 Å². The Balaban J connectivity index is 1.61. The summed E-state index contributed by atoms with van der Waals surface area (Å²) in [5.41, 5.74) is 2.03. The van der Waals surface area contributed by atoms with Crippen molar-refractivity contribution in [2.75, 3.05) is 45.9 Å². The molecule has 1 N–H and O–H groups in total. The van der Waals surface area contributed by atoms with Gasteiger partial charge in [0.15, 0.2) is 0 Å². The molecule has 2 aliphatic heterocycles. The Hall–Kier alpha value is -2.78. The minimum atomic E-state index is -0.795. The van der Waals surface area contributed by atoms with Gasteiger partial charge in [0.2, 0.25) is 0 Å². The van der Waals surface area contributed by atoms with Gasteiger partial charge in [-0.25, -0.2) is 9.59 Å². The van der Waals surface area contributed by atoms with Crippen LogP contribution in [-0.4, -0.2) is 78.5 Å². The van der Waals surface area contributed by atoms with Crippen molar-refractivity contribution >= 4 is 52.7 Å². The molecular formula is C27H29Cl3N4O4. The number of amides is 3. The highest BCUT2D eigenvalue weighted by Gasteiger charge is 2.39. The second-order valence-corrected chi connectivity index (χ2v) is 10.2. The summed E-state index contributed by atoms with van der Waals surface area (Å²) in [5.74, 6) is -0.578. The first-order valence-electron chi connectivity index (χ1n) is 12.4. The van der Waals surface area contributed by atoms with E-state index in [9.17, 15) is 14.4 Å². The largest absolute Gasteiger partial charge is 0.463 e. The Kier molecular flexibility index (Phi) is 9.20. The molecular weight excluding hydrogens is 551 g/mol. The number of carbonyl (C=O) groups is 3. The Labute approximate surface area is 237 Å². The molecule has 1 atom stereocenters. The molecule has 1 saturated heterocycles. The van der Waals surface area contributed by atoms with E-state index in [0.717, 1.165) is 0 Å². The van der Waals surface area contributed by atoms with Crippen LogP contribution in [0, 0.1) is 0 Å². The maximum atomic E-state index is 13.3. The first-order valence-corrected chi connectivity index (χ1v) is 13.6. The first kappa shape index (κ1) is 28.2. The van der Waals surface area contributed by atoms with Crippen molar-refractivity contribution in [3.63, 3.8) is 0 Å². The van der Waals surface area contributed by atoms with Crippen LogP contribution in [0.3, 0.4) is 0 Å². The monoisotopic (exact) mass is 578 g/mol. The highest BCUT2D eigenvalue weighted by molar-refractivity contribution is 6.35. The van der Waals surface area contributed by atoms with Crippen molar-refractivity contribution in [1.82, 2.24) is 20.0 Å². The lowest BCUT2D eigenvalue weighted by atomic mass is 9.94. The fourth-order valence-corrected chi connectivity index (χ4v) is 5.37. The smallest absolute Gasteiger partial charge is 0.338 e. The third-order valence-electron chi connectivity index (χ3n) is 6.65. The van der Waals surface area contributed by atoms with Crippen LogP contribution in [0.25, 0.3) is 0 Å². The first-order chi connectivity index (χ1) is 18.2. The fourth-order valence-electron chi connectivity index (χ4n) is 4.72. The minimum Gasteiger partial charge on any atom is -0.463 e. The van der Waals surface area contributed by atoms with Crippen LogP contribution in [0.4, 0.5) is 4.79 Å². The summed E-state index contributed by atoms with van der Waals surface area (Å²) in [6, 6.07) is 10.7. The zero-order valence-electron chi connectivity index (χ0n) is 21.2. The van der Waals surface area contributed by atoms with E-state index in [1.54, 1.807) is 59.2 Å². The number of nitrogens with zero attached hydrogens (tertiary/aromatic N) is 3. The summed E-state index contributed by atoms with van der Waals surface area (Å²) in [7, 11) is 0. The van der Waals surface area contributed by atoms with E-state index in [4.69, 9.17) is 39.5 Å². The summed E-state index contributed by atoms with van der Waals surface area (Å²) in [5, 5.41) is 4.28. The highest BCUT2D eigenvalue weighted by atomic mass is 35.5. The third kappa shape index (κ3) is 6.10. The van der Waals surface area contributed by atoms with Gasteiger partial charge < -0.3 is 15.0 Å². The molecule has 2 aromatic rings. The lowest BCUT2D eigenvalue weighted by Gasteiger charge is -2.40. The Bertz CT molecular complexity index is 1240. The molecule has 4 rings (SSSR count). The molecule has 8 nitrogen and oxygen atoms in total. The number of esters is 1. The quantitative estimate of drug-likeness (QED) is 0.467. The van der Waals surface area contributed by atoms with E-state index in [2.05, 4.69) is 10.2 Å². The lowest BCUT2D eigenvalue weighted by Crippen LogP contribution is -2.53. The number of likely N-dealkylation sites (N-methyl/N-ethyl adjacent to an activating group) is 1. The van der Waals surface area contributed by atoms with E-state index in [1.807, 2.05) is 6.92 Å². The van der Waals surface area contributed by atoms with Crippen LogP contribution in [0.2, 0.25) is 15.1 Å². The molecule has 11 heteroatoms. The molecule has 2 aliphatic rings. The van der Waals surface area contributed by atoms with Crippen LogP contribution in [0.15, 0.2) is 53.7 Å². The van der Waals surface area contributed by atoms with Crippen molar-refractivity contribution in [2.45, 2.75) is 19.9 Å². The van der Waals surface area contributed by atoms with Crippen molar-refractivity contribution in [3.05, 3.63) is 79.9 Å². The Morgan fingerprint density at radius 2 is 1.63 bits per heavy atom. The number of urea groups is 1. The van der Waals surface area contributed by atoms with Gasteiger partial charge in [-0.15, -0.1) is 0 Å². The van der Waals surface area contributed by atoms with Gasteiger partial charge in [0.1, 0.15) is 0 Å². The molecule has 2 heterocycles. The van der Waals surface area contributed by atoms with Gasteiger partial charge in [-0.1, -0.05) is 40.9 Å². The topological polar surface area (TPSA) is 82.2 Å². The Morgan fingerprint density at radius 1 is 0.974 bits per heavy atom. The second kappa shape index (κ2) is 12.4. The van der Waals surface area contributed by atoms with Gasteiger partial charge in [-0.3, -0.25) is 14.6 Å². The van der Waals surface area contributed by atoms with Crippen molar-refractivity contribution in [3.8, 4) is 0 Å². The standard InChI is InChI=1S/C27H29Cl3N4O4/c1-3-34-22(16-32-11-13-33(14-12-32)25(35)17-5-7-18(28)8-6-17)23(26(36)38-4-2)24(31-27(34)37)20-10-9-19(29)15-21(20)30/h5-10,15,24H,3-4,11-14,16H2,1-2H3,(H,31,37). The van der Waals surface area contributed by atoms with E-state index < -0.39 is 12.0 Å². The number of benzene rings is 2. The maximum absolute atomic E-state index is 13.3. The molecule has 0 saturated carbocycles. The van der Waals surface area contributed by atoms with Crippen LogP contribution in [0.5, 0.6) is 0 Å². The fraction of sp³-hybridized carbons (Fsp3) is 0.370. The number of halogens is 3. The summed E-state index contributed by atoms with van der Waals surface area (Å²) < 4.78 is 5.43. The molecule has 0 bridgehead atoms. The number of ether oxygens (including phenoxy) is 1. The van der Waals surface area contributed by atoms with Crippen molar-refractivity contribution < 1.29 is 19.1 Å². The SMILES string of the molecule is CCOC(=O)C1=C(CN2CCN(C(=O)c3ccc(Cl)cc3)CC2)N(CC)C(=O)NC1c1ccc(Cl)cc1Cl. The summed E-state index contributed by atoms with van der Waals surface area (Å²) in [6.45, 7) is 6.62. The molecule has 2 aromatic carbocycles. The molecule has 0 spiro atoms. The molecule has 0 aliphatic carbocycles. The van der Waals surface area contributed by atoms with Crippen molar-refractivity contribution in [1.29, 1.82) is 0 Å². The molecule has 1 fully saturated rings. The number of piperazine rings is 1. The summed E-state index contributed by atoms with van der Waals surface area (Å²) in [6.07, 6.45) is 0. The van der Waals surface area contributed by atoms with E-state index >= 15 is 0 Å². The normalized spacial score (nSPS) is 18.4. The summed E-state index contributed by atoms with van der Waals surface area (Å²) >= 11 is 18.5. The zero-order valence-corrected chi connectivity index (χ0v) is 23.4. The van der Waals surface area contributed by atoms with Gasteiger partial charge in [0.05, 0.1) is 18.2 Å². The third-order valence-corrected chi connectivity index (χ3v) is 7.46. The van der Waals surface area contributed by atoms with E-state index in [-0.39, 0.29) is 18.5 Å². The minimum absolute atomic E-state index is 0.0579.